The Morgan fingerprint density at radius 3 is 2.13 bits per heavy atom. The van der Waals surface area contributed by atoms with E-state index < -0.39 is 42.4 Å². The van der Waals surface area contributed by atoms with Crippen molar-refractivity contribution in [3.8, 4) is 23.0 Å². The van der Waals surface area contributed by atoms with Crippen LogP contribution >= 0.6 is 0 Å². The monoisotopic (exact) mass is 651 g/mol. The van der Waals surface area contributed by atoms with E-state index in [1.807, 2.05) is 0 Å². The second-order valence-electron chi connectivity index (χ2n) is 9.69. The molecular formula is C30H23F6N3O7. The SMILES string of the molecule is COc1cc2nccc(Oc3ccc(N4C(=O)N(c5cccc(C(F)(F)F)c5)CC4(OC)OC(=O)C(F)(F)F)cc3)c2cc1OC. The first kappa shape index (κ1) is 32.2. The Labute approximate surface area is 256 Å². The first-order valence-corrected chi connectivity index (χ1v) is 13.1. The van der Waals surface area contributed by atoms with E-state index in [0.29, 0.717) is 44.0 Å². The van der Waals surface area contributed by atoms with Gasteiger partial charge in [0, 0.05) is 30.4 Å². The molecule has 0 radical (unpaired) electrons. The Kier molecular flexibility index (Phi) is 8.33. The summed E-state index contributed by atoms with van der Waals surface area (Å²) in [5, 5.41) is 0.549. The van der Waals surface area contributed by atoms with Gasteiger partial charge in [-0.25, -0.2) is 14.5 Å². The molecule has 4 aromatic rings. The van der Waals surface area contributed by atoms with Crippen molar-refractivity contribution < 1.29 is 59.6 Å². The molecule has 242 valence electrons. The van der Waals surface area contributed by atoms with E-state index in [2.05, 4.69) is 4.98 Å². The largest absolute Gasteiger partial charge is 0.493 e. The summed E-state index contributed by atoms with van der Waals surface area (Å²) in [5.74, 6) is -4.01. The molecule has 16 heteroatoms. The standard InChI is InChI=1S/C30H23F6N3O7/c1-42-24-14-21-22(15-25(24)43-2)37-12-11-23(21)45-20-9-7-18(8-10-20)39-27(41)38(19-6-4-5-17(13-19)29(31,32)33)16-28(39,44-3)46-26(40)30(34,35)36/h4-15H,16H2,1-3H3. The van der Waals surface area contributed by atoms with Gasteiger partial charge in [0.05, 0.1) is 31.0 Å². The molecule has 0 saturated carbocycles. The van der Waals surface area contributed by atoms with Crippen LogP contribution in [0.1, 0.15) is 5.56 Å². The van der Waals surface area contributed by atoms with Gasteiger partial charge in [-0.15, -0.1) is 0 Å². The molecule has 46 heavy (non-hydrogen) atoms. The number of urea groups is 1. The number of pyridine rings is 1. The Morgan fingerprint density at radius 2 is 1.52 bits per heavy atom. The molecule has 2 heterocycles. The van der Waals surface area contributed by atoms with Gasteiger partial charge >= 0.3 is 30.3 Å². The van der Waals surface area contributed by atoms with Gasteiger partial charge in [0.15, 0.2) is 11.5 Å². The topological polar surface area (TPSA) is 99.7 Å². The maximum absolute atomic E-state index is 13.7. The average Bonchev–Trinajstić information content (AvgIpc) is 3.31. The number of benzene rings is 3. The lowest BCUT2D eigenvalue weighted by Crippen LogP contribution is -2.54. The van der Waals surface area contributed by atoms with Gasteiger partial charge in [-0.1, -0.05) is 6.07 Å². The van der Waals surface area contributed by atoms with Crippen LogP contribution in [0.2, 0.25) is 0 Å². The van der Waals surface area contributed by atoms with Crippen molar-refractivity contribution in [1.29, 1.82) is 0 Å². The highest BCUT2D eigenvalue weighted by molar-refractivity contribution is 6.07. The number of halogens is 6. The summed E-state index contributed by atoms with van der Waals surface area (Å²) in [6.45, 7) is -0.905. The number of ether oxygens (including phenoxy) is 5. The summed E-state index contributed by atoms with van der Waals surface area (Å²) >= 11 is 0. The van der Waals surface area contributed by atoms with Crippen LogP contribution in [0.4, 0.5) is 42.5 Å². The van der Waals surface area contributed by atoms with Crippen LogP contribution in [0, 0.1) is 0 Å². The Morgan fingerprint density at radius 1 is 0.848 bits per heavy atom. The van der Waals surface area contributed by atoms with Crippen molar-refractivity contribution in [3.05, 3.63) is 78.5 Å². The predicted molar refractivity (Wildman–Crippen MR) is 150 cm³/mol. The number of rotatable bonds is 8. The van der Waals surface area contributed by atoms with Crippen LogP contribution in [-0.2, 0) is 20.4 Å². The number of esters is 1. The molecule has 1 aromatic heterocycles. The number of aromatic nitrogens is 1. The molecule has 1 saturated heterocycles. The van der Waals surface area contributed by atoms with Gasteiger partial charge in [0.25, 0.3) is 0 Å². The lowest BCUT2D eigenvalue weighted by Gasteiger charge is -2.34. The molecule has 1 aliphatic rings. The second kappa shape index (κ2) is 11.9. The molecule has 5 rings (SSSR count). The Bertz CT molecular complexity index is 1780. The van der Waals surface area contributed by atoms with E-state index >= 15 is 0 Å². The molecule has 3 aromatic carbocycles. The highest BCUT2D eigenvalue weighted by Crippen LogP contribution is 2.41. The molecule has 1 unspecified atom stereocenters. The summed E-state index contributed by atoms with van der Waals surface area (Å²) in [6.07, 6.45) is -8.78. The van der Waals surface area contributed by atoms with E-state index in [9.17, 15) is 35.9 Å². The number of hydrogen-bond acceptors (Lipinski definition) is 8. The number of fused-ring (bicyclic) bond motifs is 1. The van der Waals surface area contributed by atoms with Gasteiger partial charge in [0.1, 0.15) is 18.0 Å². The zero-order valence-corrected chi connectivity index (χ0v) is 24.1. The van der Waals surface area contributed by atoms with E-state index in [4.69, 9.17) is 23.7 Å². The van der Waals surface area contributed by atoms with E-state index in [1.165, 1.54) is 44.7 Å². The van der Waals surface area contributed by atoms with Crippen LogP contribution < -0.4 is 24.0 Å². The highest BCUT2D eigenvalue weighted by Gasteiger charge is 2.58. The first-order chi connectivity index (χ1) is 21.7. The van der Waals surface area contributed by atoms with Crippen LogP contribution in [0.25, 0.3) is 10.9 Å². The normalized spacial score (nSPS) is 16.9. The lowest BCUT2D eigenvalue weighted by molar-refractivity contribution is -0.246. The fourth-order valence-electron chi connectivity index (χ4n) is 4.77. The average molecular weight is 652 g/mol. The molecule has 1 aliphatic heterocycles. The van der Waals surface area contributed by atoms with Crippen molar-refractivity contribution in [3.63, 3.8) is 0 Å². The fraction of sp³-hybridized carbons (Fsp3) is 0.233. The minimum Gasteiger partial charge on any atom is -0.493 e. The number of nitrogens with zero attached hydrogens (tertiary/aromatic N) is 3. The zero-order valence-electron chi connectivity index (χ0n) is 24.1. The molecule has 0 aliphatic carbocycles. The summed E-state index contributed by atoms with van der Waals surface area (Å²) in [4.78, 5) is 31.2. The minimum absolute atomic E-state index is 0.130. The summed E-state index contributed by atoms with van der Waals surface area (Å²) in [7, 11) is 3.81. The zero-order chi connectivity index (χ0) is 33.4. The predicted octanol–water partition coefficient (Wildman–Crippen LogP) is 6.92. The minimum atomic E-state index is -5.48. The summed E-state index contributed by atoms with van der Waals surface area (Å²) in [6, 6.07) is 12.6. The van der Waals surface area contributed by atoms with E-state index in [0.717, 1.165) is 25.3 Å². The number of carbonyl (C=O) groups is 2. The second-order valence-corrected chi connectivity index (χ2v) is 9.69. The molecule has 10 nitrogen and oxygen atoms in total. The van der Waals surface area contributed by atoms with Crippen LogP contribution in [0.3, 0.4) is 0 Å². The van der Waals surface area contributed by atoms with Gasteiger partial charge in [0.2, 0.25) is 0 Å². The van der Waals surface area contributed by atoms with Crippen LogP contribution in [0.15, 0.2) is 72.9 Å². The first-order valence-electron chi connectivity index (χ1n) is 13.1. The van der Waals surface area contributed by atoms with Crippen molar-refractivity contribution in [2.24, 2.45) is 0 Å². The van der Waals surface area contributed by atoms with Gasteiger partial charge in [-0.05, 0) is 54.6 Å². The van der Waals surface area contributed by atoms with Gasteiger partial charge < -0.3 is 23.7 Å². The number of carbonyl (C=O) groups excluding carboxylic acids is 2. The Balaban J connectivity index is 1.52. The van der Waals surface area contributed by atoms with Gasteiger partial charge in [-0.2, -0.15) is 26.3 Å². The van der Waals surface area contributed by atoms with E-state index in [1.54, 1.807) is 18.2 Å². The quantitative estimate of drug-likeness (QED) is 0.115. The third kappa shape index (κ3) is 6.02. The lowest BCUT2D eigenvalue weighted by atomic mass is 10.2. The van der Waals surface area contributed by atoms with Crippen LogP contribution in [0.5, 0.6) is 23.0 Å². The molecule has 0 bridgehead atoms. The number of amides is 2. The van der Waals surface area contributed by atoms with Crippen LogP contribution in [-0.4, -0.2) is 56.9 Å². The van der Waals surface area contributed by atoms with Crippen molar-refractivity contribution in [2.45, 2.75) is 18.3 Å². The number of anilines is 2. The van der Waals surface area contributed by atoms with Crippen molar-refractivity contribution >= 4 is 34.3 Å². The number of methoxy groups -OCH3 is 3. The van der Waals surface area contributed by atoms with Gasteiger partial charge in [-0.3, -0.25) is 9.88 Å². The summed E-state index contributed by atoms with van der Waals surface area (Å²) in [5.41, 5.74) is -1.06. The Hall–Kier alpha value is -5.25. The maximum atomic E-state index is 13.7. The molecule has 1 fully saturated rings. The third-order valence-electron chi connectivity index (χ3n) is 6.94. The maximum Gasteiger partial charge on any atom is 0.491 e. The molecule has 1 atom stereocenters. The fourth-order valence-corrected chi connectivity index (χ4v) is 4.77. The molecule has 2 amide bonds. The smallest absolute Gasteiger partial charge is 0.491 e. The third-order valence-corrected chi connectivity index (χ3v) is 6.94. The molecular weight excluding hydrogens is 628 g/mol. The van der Waals surface area contributed by atoms with Crippen molar-refractivity contribution in [2.75, 3.05) is 37.7 Å². The number of hydrogen-bond donors (Lipinski definition) is 0. The van der Waals surface area contributed by atoms with E-state index in [-0.39, 0.29) is 17.1 Å². The van der Waals surface area contributed by atoms with Crippen molar-refractivity contribution in [1.82, 2.24) is 4.98 Å². The number of alkyl halides is 6. The summed E-state index contributed by atoms with van der Waals surface area (Å²) < 4.78 is 107. The highest BCUT2D eigenvalue weighted by atomic mass is 19.4. The molecule has 0 N–H and O–H groups in total. The molecule has 0 spiro atoms.